The van der Waals surface area contributed by atoms with E-state index in [2.05, 4.69) is 45.3 Å². The van der Waals surface area contributed by atoms with E-state index in [1.807, 2.05) is 18.2 Å². The predicted molar refractivity (Wildman–Crippen MR) is 89.5 cm³/mol. The Morgan fingerprint density at radius 2 is 1.70 bits per heavy atom. The average Bonchev–Trinajstić information content (AvgIpc) is 2.59. The summed E-state index contributed by atoms with van der Waals surface area (Å²) in [6.45, 7) is 12.8. The minimum Gasteiger partial charge on any atom is -0.392 e. The number of hydrogen-bond acceptors (Lipinski definition) is 2. The van der Waals surface area contributed by atoms with Gasteiger partial charge in [-0.1, -0.05) is 63.5 Å². The van der Waals surface area contributed by atoms with Crippen LogP contribution < -0.4 is 0 Å². The van der Waals surface area contributed by atoms with Crippen LogP contribution in [0.5, 0.6) is 0 Å². The second kappa shape index (κ2) is 4.65. The summed E-state index contributed by atoms with van der Waals surface area (Å²) in [5.41, 5.74) is 2.24. The molecular weight excluding hydrogens is 280 g/mol. The van der Waals surface area contributed by atoms with E-state index in [9.17, 15) is 9.90 Å². The van der Waals surface area contributed by atoms with Crippen LogP contribution in [0.3, 0.4) is 0 Å². The number of fused-ring (bicyclic) bond motifs is 1. The van der Waals surface area contributed by atoms with Gasteiger partial charge in [0.05, 0.1) is 19.2 Å². The highest BCUT2D eigenvalue weighted by atomic mass is 28.3. The van der Waals surface area contributed by atoms with Crippen LogP contribution in [0.4, 0.5) is 0 Å². The Hall–Kier alpha value is -0.716. The molecule has 0 amide bonds. The van der Waals surface area contributed by atoms with Gasteiger partial charge in [0.15, 0.2) is 0 Å². The first-order valence-corrected chi connectivity index (χ1v) is 14.3. The minimum atomic E-state index is -1.94. The lowest BCUT2D eigenvalue weighted by Crippen LogP contribution is -2.59. The zero-order chi connectivity index (χ0) is 15.3. The van der Waals surface area contributed by atoms with Gasteiger partial charge in [-0.25, -0.2) is 0 Å². The molecule has 0 aromatic heterocycles. The van der Waals surface area contributed by atoms with E-state index in [0.29, 0.717) is 11.8 Å². The lowest BCUT2D eigenvalue weighted by Gasteiger charge is -2.41. The molecule has 2 atom stereocenters. The Morgan fingerprint density at radius 1 is 1.15 bits per heavy atom. The van der Waals surface area contributed by atoms with Gasteiger partial charge in [0.1, 0.15) is 13.5 Å². The number of rotatable bonds is 3. The normalized spacial score (nSPS) is 26.4. The van der Waals surface area contributed by atoms with Crippen LogP contribution in [0.25, 0.3) is 0 Å². The van der Waals surface area contributed by atoms with E-state index in [-0.39, 0.29) is 5.92 Å². The highest BCUT2D eigenvalue weighted by Crippen LogP contribution is 2.47. The molecule has 1 aliphatic carbocycles. The third kappa shape index (κ3) is 2.34. The van der Waals surface area contributed by atoms with Crippen molar-refractivity contribution in [1.29, 1.82) is 0 Å². The molecule has 0 spiro atoms. The van der Waals surface area contributed by atoms with E-state index in [1.54, 1.807) is 0 Å². The van der Waals surface area contributed by atoms with Crippen molar-refractivity contribution >= 4 is 21.6 Å². The first kappa shape index (κ1) is 15.7. The van der Waals surface area contributed by atoms with Crippen molar-refractivity contribution in [2.75, 3.05) is 0 Å². The van der Waals surface area contributed by atoms with Crippen LogP contribution in [0, 0.1) is 0 Å². The Morgan fingerprint density at radius 3 is 2.20 bits per heavy atom. The van der Waals surface area contributed by atoms with Crippen LogP contribution in [0.15, 0.2) is 24.3 Å². The molecule has 1 aromatic rings. The van der Waals surface area contributed by atoms with Gasteiger partial charge < -0.3 is 9.90 Å². The summed E-state index contributed by atoms with van der Waals surface area (Å²) in [6, 6.07) is 8.10. The molecule has 20 heavy (non-hydrogen) atoms. The van der Waals surface area contributed by atoms with Crippen molar-refractivity contribution in [3.05, 3.63) is 35.4 Å². The molecular formula is C16H26O2Si2. The first-order chi connectivity index (χ1) is 8.98. The van der Waals surface area contributed by atoms with E-state index < -0.39 is 21.4 Å². The number of carbonyl (C=O) groups excluding carboxylic acids is 1. The van der Waals surface area contributed by atoms with Crippen molar-refractivity contribution in [3.63, 3.8) is 0 Å². The highest BCUT2D eigenvalue weighted by Gasteiger charge is 2.57. The van der Waals surface area contributed by atoms with Crippen LogP contribution in [0.1, 0.15) is 17.0 Å². The van der Waals surface area contributed by atoms with E-state index >= 15 is 0 Å². The number of benzene rings is 1. The van der Waals surface area contributed by atoms with Gasteiger partial charge in [-0.2, -0.15) is 0 Å². The van der Waals surface area contributed by atoms with E-state index in [1.165, 1.54) is 0 Å². The van der Waals surface area contributed by atoms with Crippen molar-refractivity contribution in [2.45, 2.75) is 56.8 Å². The summed E-state index contributed by atoms with van der Waals surface area (Å²) in [4.78, 5) is 13.0. The molecule has 0 saturated heterocycles. The number of aliphatic hydroxyl groups is 1. The van der Waals surface area contributed by atoms with Crippen molar-refractivity contribution in [1.82, 2.24) is 0 Å². The number of carbonyl (C=O) groups is 1. The molecule has 0 saturated carbocycles. The van der Waals surface area contributed by atoms with Crippen LogP contribution >= 0.6 is 0 Å². The highest BCUT2D eigenvalue weighted by molar-refractivity contribution is 7.04. The summed E-state index contributed by atoms with van der Waals surface area (Å²) in [6.07, 6.45) is 0.639. The molecule has 1 aliphatic rings. The molecule has 0 heterocycles. The zero-order valence-corrected chi connectivity index (χ0v) is 15.4. The smallest absolute Gasteiger partial charge is 0.124 e. The summed E-state index contributed by atoms with van der Waals surface area (Å²) in [7, 11) is -3.83. The molecule has 2 nitrogen and oxygen atoms in total. The Bertz CT molecular complexity index is 540. The third-order valence-electron chi connectivity index (χ3n) is 4.60. The second-order valence-electron chi connectivity index (χ2n) is 8.10. The molecule has 0 unspecified atom stereocenters. The van der Waals surface area contributed by atoms with Crippen molar-refractivity contribution in [3.8, 4) is 0 Å². The average molecular weight is 307 g/mol. The largest absolute Gasteiger partial charge is 0.392 e. The second-order valence-corrected chi connectivity index (χ2v) is 18.5. The van der Waals surface area contributed by atoms with E-state index in [0.717, 1.165) is 11.1 Å². The Labute approximate surface area is 124 Å². The van der Waals surface area contributed by atoms with Gasteiger partial charge in [-0.15, -0.1) is 0 Å². The molecule has 0 fully saturated rings. The van der Waals surface area contributed by atoms with Crippen LogP contribution in [0.2, 0.25) is 39.3 Å². The molecule has 0 radical (unpaired) electrons. The summed E-state index contributed by atoms with van der Waals surface area (Å²) in [5.74, 6) is -0.308. The molecule has 0 aliphatic heterocycles. The maximum Gasteiger partial charge on any atom is 0.124 e. The molecule has 110 valence electrons. The fourth-order valence-corrected chi connectivity index (χ4v) is 6.39. The zero-order valence-electron chi connectivity index (χ0n) is 13.4. The first-order valence-electron chi connectivity index (χ1n) is 7.33. The third-order valence-corrected chi connectivity index (χ3v) is 9.43. The van der Waals surface area contributed by atoms with Gasteiger partial charge in [-0.3, -0.25) is 0 Å². The predicted octanol–water partition coefficient (Wildman–Crippen LogP) is 3.38. The topological polar surface area (TPSA) is 37.3 Å². The van der Waals surface area contributed by atoms with Gasteiger partial charge in [0.25, 0.3) is 0 Å². The lowest BCUT2D eigenvalue weighted by molar-refractivity contribution is -0.117. The molecule has 1 aromatic carbocycles. The quantitative estimate of drug-likeness (QED) is 0.869. The lowest BCUT2D eigenvalue weighted by atomic mass is 10.0. The van der Waals surface area contributed by atoms with Crippen LogP contribution in [-0.2, 0) is 11.2 Å². The van der Waals surface area contributed by atoms with Crippen molar-refractivity contribution in [2.24, 2.45) is 0 Å². The SMILES string of the molecule is C[Si](C)(C)C(=O)[C@@H]1c2ccccc2C[C@@]1(O)[Si](C)(C)C. The van der Waals surface area contributed by atoms with Crippen LogP contribution in [-0.4, -0.2) is 31.9 Å². The van der Waals surface area contributed by atoms with Gasteiger partial charge >= 0.3 is 0 Å². The Kier molecular flexibility index (Phi) is 3.64. The fraction of sp³-hybridized carbons (Fsp3) is 0.562. The maximum atomic E-state index is 13.0. The van der Waals surface area contributed by atoms with E-state index in [4.69, 9.17) is 0 Å². The molecule has 4 heteroatoms. The van der Waals surface area contributed by atoms with Gasteiger partial charge in [0, 0.05) is 0 Å². The summed E-state index contributed by atoms with van der Waals surface area (Å²) >= 11 is 0. The minimum absolute atomic E-state index is 0.298. The molecule has 1 N–H and O–H groups in total. The Balaban J connectivity index is 2.61. The number of hydrogen-bond donors (Lipinski definition) is 1. The van der Waals surface area contributed by atoms with Gasteiger partial charge in [0.2, 0.25) is 0 Å². The van der Waals surface area contributed by atoms with Gasteiger partial charge in [-0.05, 0) is 17.5 Å². The summed E-state index contributed by atoms with van der Waals surface area (Å²) in [5, 5.41) is 10.9. The monoisotopic (exact) mass is 306 g/mol. The fourth-order valence-electron chi connectivity index (χ4n) is 3.12. The molecule has 0 bridgehead atoms. The summed E-state index contributed by atoms with van der Waals surface area (Å²) < 4.78 is 0. The standard InChI is InChI=1S/C16H26O2Si2/c1-19(2,3)15(17)14-13-10-8-7-9-12(13)11-16(14,18)20(4,5)6/h7-10,14,18H,11H2,1-6H3/t14-,16+/m0/s1. The molecule has 2 rings (SSSR count). The maximum absolute atomic E-state index is 13.0. The van der Waals surface area contributed by atoms with Crippen molar-refractivity contribution < 1.29 is 9.90 Å².